The standard InChI is InChI=1S/C30H22O10/c31-15-5-1-13(2-6-15)23-25-19(35)9-17(33)11-21(25)39-29(37)27(23)28-24(14-3-7-16(32)8-4-14)26-20(36)10-18(34)12-22(26)40-30(28)38/h1-12,23-24,27-28,31-36H/t23-,24-,27+,28+/m1/s1. The molecule has 0 aromatic heterocycles. The summed E-state index contributed by atoms with van der Waals surface area (Å²) < 4.78 is 11.1. The molecule has 40 heavy (non-hydrogen) atoms. The number of rotatable bonds is 3. The van der Waals surface area contributed by atoms with Crippen LogP contribution in [0.5, 0.6) is 46.0 Å². The Kier molecular flexibility index (Phi) is 5.69. The Morgan fingerprint density at radius 1 is 0.475 bits per heavy atom. The largest absolute Gasteiger partial charge is 0.508 e. The number of ether oxygens (including phenoxy) is 2. The molecule has 0 spiro atoms. The SMILES string of the molecule is O=C1Oc2cc(O)cc(O)c2[C@@H](c2ccc(O)cc2)[C@H]1[C@H]1C(=O)Oc2cc(O)cc(O)c2[C@H]1c1ccc(O)cc1. The zero-order chi connectivity index (χ0) is 28.3. The van der Waals surface area contributed by atoms with E-state index in [2.05, 4.69) is 0 Å². The molecule has 6 N–H and O–H groups in total. The van der Waals surface area contributed by atoms with Crippen LogP contribution in [0.25, 0.3) is 0 Å². The van der Waals surface area contributed by atoms with E-state index in [1.54, 1.807) is 0 Å². The molecule has 0 saturated carbocycles. The van der Waals surface area contributed by atoms with Crippen LogP contribution in [0.3, 0.4) is 0 Å². The highest BCUT2D eigenvalue weighted by molar-refractivity contribution is 5.91. The van der Waals surface area contributed by atoms with Gasteiger partial charge in [-0.25, -0.2) is 0 Å². The molecular weight excluding hydrogens is 520 g/mol. The van der Waals surface area contributed by atoms with Crippen LogP contribution < -0.4 is 9.47 Å². The molecule has 4 atom stereocenters. The van der Waals surface area contributed by atoms with Crippen LogP contribution in [0.2, 0.25) is 0 Å². The van der Waals surface area contributed by atoms with E-state index in [4.69, 9.17) is 9.47 Å². The average molecular weight is 542 g/mol. The number of esters is 2. The van der Waals surface area contributed by atoms with Crippen molar-refractivity contribution in [2.24, 2.45) is 11.8 Å². The van der Waals surface area contributed by atoms with Crippen LogP contribution in [-0.2, 0) is 9.59 Å². The molecule has 2 heterocycles. The van der Waals surface area contributed by atoms with Crippen molar-refractivity contribution in [2.45, 2.75) is 11.8 Å². The van der Waals surface area contributed by atoms with E-state index in [9.17, 15) is 40.2 Å². The van der Waals surface area contributed by atoms with Crippen molar-refractivity contribution < 1.29 is 49.7 Å². The van der Waals surface area contributed by atoms with Gasteiger partial charge < -0.3 is 40.1 Å². The quantitative estimate of drug-likeness (QED) is 0.164. The maximum atomic E-state index is 13.8. The summed E-state index contributed by atoms with van der Waals surface area (Å²) in [5.74, 6) is -8.18. The Bertz CT molecular complexity index is 1530. The first-order valence-corrected chi connectivity index (χ1v) is 12.3. The monoisotopic (exact) mass is 542 g/mol. The highest BCUT2D eigenvalue weighted by Crippen LogP contribution is 2.57. The minimum Gasteiger partial charge on any atom is -0.508 e. The number of hydrogen-bond donors (Lipinski definition) is 6. The van der Waals surface area contributed by atoms with Gasteiger partial charge in [0, 0.05) is 47.2 Å². The third-order valence-corrected chi connectivity index (χ3v) is 7.41. The molecule has 0 amide bonds. The number of carbonyl (C=O) groups excluding carboxylic acids is 2. The fourth-order valence-electron chi connectivity index (χ4n) is 5.79. The van der Waals surface area contributed by atoms with Crippen molar-refractivity contribution in [1.29, 1.82) is 0 Å². The number of fused-ring (bicyclic) bond motifs is 2. The molecule has 4 aromatic carbocycles. The minimum atomic E-state index is -1.33. The zero-order valence-electron chi connectivity index (χ0n) is 20.6. The van der Waals surface area contributed by atoms with E-state index in [1.807, 2.05) is 0 Å². The average Bonchev–Trinajstić information content (AvgIpc) is 2.88. The van der Waals surface area contributed by atoms with Gasteiger partial charge in [0.1, 0.15) is 46.0 Å². The van der Waals surface area contributed by atoms with Gasteiger partial charge in [-0.15, -0.1) is 0 Å². The zero-order valence-corrected chi connectivity index (χ0v) is 20.6. The van der Waals surface area contributed by atoms with Crippen LogP contribution in [0.15, 0.2) is 72.8 Å². The van der Waals surface area contributed by atoms with Crippen molar-refractivity contribution in [1.82, 2.24) is 0 Å². The van der Waals surface area contributed by atoms with Crippen LogP contribution in [-0.4, -0.2) is 42.6 Å². The van der Waals surface area contributed by atoms with E-state index in [1.165, 1.54) is 60.7 Å². The van der Waals surface area contributed by atoms with Gasteiger partial charge >= 0.3 is 11.9 Å². The Hall–Kier alpha value is -5.38. The van der Waals surface area contributed by atoms with Crippen LogP contribution in [0.1, 0.15) is 34.1 Å². The summed E-state index contributed by atoms with van der Waals surface area (Å²) in [6.45, 7) is 0. The summed E-state index contributed by atoms with van der Waals surface area (Å²) in [6, 6.07) is 16.2. The van der Waals surface area contributed by atoms with Crippen molar-refractivity contribution >= 4 is 11.9 Å². The maximum Gasteiger partial charge on any atom is 0.316 e. The van der Waals surface area contributed by atoms with E-state index >= 15 is 0 Å². The predicted octanol–water partition coefficient (Wildman–Crippen LogP) is 3.95. The molecule has 202 valence electrons. The molecule has 10 heteroatoms. The number of aromatic hydroxyl groups is 6. The molecule has 6 rings (SSSR count). The molecule has 0 fully saturated rings. The van der Waals surface area contributed by atoms with Gasteiger partial charge in [0.05, 0.1) is 11.8 Å². The molecular formula is C30H22O10. The molecule has 2 aliphatic rings. The van der Waals surface area contributed by atoms with Gasteiger partial charge in [0.25, 0.3) is 0 Å². The van der Waals surface area contributed by atoms with Crippen molar-refractivity contribution in [2.75, 3.05) is 0 Å². The maximum absolute atomic E-state index is 13.8. The van der Waals surface area contributed by atoms with Gasteiger partial charge in [0.15, 0.2) is 0 Å². The Morgan fingerprint density at radius 3 is 1.18 bits per heavy atom. The molecule has 0 bridgehead atoms. The number of phenols is 6. The first-order chi connectivity index (χ1) is 19.1. The molecule has 0 radical (unpaired) electrons. The fraction of sp³-hybridized carbons (Fsp3) is 0.133. The summed E-state index contributed by atoms with van der Waals surface area (Å²) in [5.41, 5.74) is 1.15. The predicted molar refractivity (Wildman–Crippen MR) is 138 cm³/mol. The van der Waals surface area contributed by atoms with Gasteiger partial charge in [0.2, 0.25) is 0 Å². The minimum absolute atomic E-state index is 0.0495. The van der Waals surface area contributed by atoms with E-state index in [0.29, 0.717) is 11.1 Å². The lowest BCUT2D eigenvalue weighted by Gasteiger charge is -2.41. The van der Waals surface area contributed by atoms with Gasteiger partial charge in [-0.3, -0.25) is 9.59 Å². The van der Waals surface area contributed by atoms with Crippen LogP contribution in [0, 0.1) is 11.8 Å². The first-order valence-electron chi connectivity index (χ1n) is 12.3. The van der Waals surface area contributed by atoms with Crippen molar-refractivity contribution in [3.8, 4) is 46.0 Å². The lowest BCUT2D eigenvalue weighted by Crippen LogP contribution is -2.46. The van der Waals surface area contributed by atoms with Gasteiger partial charge in [-0.05, 0) is 35.4 Å². The summed E-state index contributed by atoms with van der Waals surface area (Å²) in [6.07, 6.45) is 0. The first kappa shape index (κ1) is 24.9. The van der Waals surface area contributed by atoms with E-state index in [-0.39, 0.29) is 57.1 Å². The second-order valence-corrected chi connectivity index (χ2v) is 9.79. The van der Waals surface area contributed by atoms with E-state index in [0.717, 1.165) is 12.1 Å². The highest BCUT2D eigenvalue weighted by Gasteiger charge is 2.54. The third kappa shape index (κ3) is 3.97. The summed E-state index contributed by atoms with van der Waals surface area (Å²) >= 11 is 0. The van der Waals surface area contributed by atoms with E-state index < -0.39 is 35.6 Å². The smallest absolute Gasteiger partial charge is 0.316 e. The Balaban J connectivity index is 1.62. The molecule has 0 aliphatic carbocycles. The molecule has 10 nitrogen and oxygen atoms in total. The number of carbonyl (C=O) groups is 2. The van der Waals surface area contributed by atoms with Gasteiger partial charge in [-0.1, -0.05) is 24.3 Å². The highest BCUT2D eigenvalue weighted by atomic mass is 16.5. The van der Waals surface area contributed by atoms with Gasteiger partial charge in [-0.2, -0.15) is 0 Å². The van der Waals surface area contributed by atoms with Crippen LogP contribution in [0.4, 0.5) is 0 Å². The summed E-state index contributed by atoms with van der Waals surface area (Å²) in [7, 11) is 0. The summed E-state index contributed by atoms with van der Waals surface area (Å²) in [5, 5.41) is 61.8. The number of hydrogen-bond acceptors (Lipinski definition) is 10. The fourth-order valence-corrected chi connectivity index (χ4v) is 5.79. The second-order valence-electron chi connectivity index (χ2n) is 9.79. The third-order valence-electron chi connectivity index (χ3n) is 7.41. The Morgan fingerprint density at radius 2 is 0.825 bits per heavy atom. The second kappa shape index (κ2) is 9.12. The van der Waals surface area contributed by atoms with Crippen molar-refractivity contribution in [3.63, 3.8) is 0 Å². The number of benzene rings is 4. The lowest BCUT2D eigenvalue weighted by molar-refractivity contribution is -0.154. The normalized spacial score (nSPS) is 21.6. The van der Waals surface area contributed by atoms with Crippen LogP contribution >= 0.6 is 0 Å². The summed E-state index contributed by atoms with van der Waals surface area (Å²) in [4.78, 5) is 27.5. The number of phenolic OH excluding ortho intramolecular Hbond substituents is 6. The molecule has 2 aliphatic heterocycles. The molecule has 0 saturated heterocycles. The van der Waals surface area contributed by atoms with Crippen molar-refractivity contribution in [3.05, 3.63) is 95.1 Å². The Labute approximate surface area is 226 Å². The lowest BCUT2D eigenvalue weighted by atomic mass is 9.65. The molecule has 0 unspecified atom stereocenters. The topological polar surface area (TPSA) is 174 Å². The molecule has 4 aromatic rings.